The first-order chi connectivity index (χ1) is 12.2. The molecule has 0 saturated carbocycles. The molecule has 2 aromatic carbocycles. The number of hydrazone groups is 1. The highest BCUT2D eigenvalue weighted by Crippen LogP contribution is 2.44. The molecule has 0 saturated heterocycles. The van der Waals surface area contributed by atoms with Crippen LogP contribution < -0.4 is 9.47 Å². The molecule has 0 fully saturated rings. The molecular formula is C20H21BrN2O2. The topological polar surface area (TPSA) is 34.1 Å². The van der Waals surface area contributed by atoms with Gasteiger partial charge in [-0.2, -0.15) is 5.10 Å². The lowest BCUT2D eigenvalue weighted by Crippen LogP contribution is -2.40. The molecule has 0 aromatic heterocycles. The molecule has 0 bridgehead atoms. The maximum atomic E-state index is 6.24. The van der Waals surface area contributed by atoms with Crippen LogP contribution in [0.3, 0.4) is 0 Å². The maximum Gasteiger partial charge on any atom is 0.187 e. The zero-order valence-corrected chi connectivity index (χ0v) is 16.0. The number of methoxy groups -OCH3 is 1. The molecule has 0 unspecified atom stereocenters. The number of nitrogens with zero attached hydrogens (tertiary/aromatic N) is 2. The molecule has 0 aliphatic carbocycles. The van der Waals surface area contributed by atoms with Crippen molar-refractivity contribution in [3.8, 4) is 11.5 Å². The Kier molecular flexibility index (Phi) is 4.42. The van der Waals surface area contributed by atoms with Gasteiger partial charge in [0.2, 0.25) is 0 Å². The van der Waals surface area contributed by atoms with Crippen molar-refractivity contribution < 1.29 is 9.47 Å². The van der Waals surface area contributed by atoms with E-state index >= 15 is 0 Å². The van der Waals surface area contributed by atoms with Crippen molar-refractivity contribution in [1.29, 1.82) is 0 Å². The number of ether oxygens (including phenoxy) is 2. The summed E-state index contributed by atoms with van der Waals surface area (Å²) in [7, 11) is 1.68. The smallest absolute Gasteiger partial charge is 0.187 e. The van der Waals surface area contributed by atoms with Gasteiger partial charge >= 0.3 is 0 Å². The van der Waals surface area contributed by atoms with Gasteiger partial charge < -0.3 is 9.47 Å². The van der Waals surface area contributed by atoms with Gasteiger partial charge in [0.1, 0.15) is 11.5 Å². The first-order valence-corrected chi connectivity index (χ1v) is 9.45. The Morgan fingerprint density at radius 1 is 1.24 bits per heavy atom. The van der Waals surface area contributed by atoms with Crippen molar-refractivity contribution in [2.45, 2.75) is 38.5 Å². The Morgan fingerprint density at radius 2 is 2.04 bits per heavy atom. The summed E-state index contributed by atoms with van der Waals surface area (Å²) in [6, 6.07) is 14.6. The van der Waals surface area contributed by atoms with Crippen molar-refractivity contribution in [1.82, 2.24) is 5.01 Å². The molecule has 5 heteroatoms. The van der Waals surface area contributed by atoms with Crippen LogP contribution in [0.15, 0.2) is 52.0 Å². The van der Waals surface area contributed by atoms with Gasteiger partial charge in [0, 0.05) is 22.9 Å². The molecule has 4 nitrogen and oxygen atoms in total. The van der Waals surface area contributed by atoms with Crippen LogP contribution in [-0.4, -0.2) is 24.1 Å². The van der Waals surface area contributed by atoms with Crippen LogP contribution in [0.2, 0.25) is 0 Å². The van der Waals surface area contributed by atoms with E-state index in [0.29, 0.717) is 0 Å². The van der Waals surface area contributed by atoms with E-state index in [0.717, 1.165) is 46.5 Å². The van der Waals surface area contributed by atoms with E-state index in [2.05, 4.69) is 52.1 Å². The van der Waals surface area contributed by atoms with Crippen LogP contribution in [0.4, 0.5) is 0 Å². The zero-order valence-electron chi connectivity index (χ0n) is 14.4. The Morgan fingerprint density at radius 3 is 2.76 bits per heavy atom. The molecule has 4 rings (SSSR count). The zero-order chi connectivity index (χ0) is 17.4. The van der Waals surface area contributed by atoms with Crippen molar-refractivity contribution >= 4 is 21.6 Å². The van der Waals surface area contributed by atoms with Gasteiger partial charge in [-0.05, 0) is 48.0 Å². The molecule has 0 amide bonds. The fourth-order valence-corrected chi connectivity index (χ4v) is 3.91. The van der Waals surface area contributed by atoms with Gasteiger partial charge in [0.05, 0.1) is 18.9 Å². The fourth-order valence-electron chi connectivity index (χ4n) is 3.53. The molecule has 0 spiro atoms. The van der Waals surface area contributed by atoms with E-state index in [1.165, 1.54) is 5.56 Å². The standard InChI is InChI=1S/C20H21BrN2O2/c1-3-4-20-23-18(16-11-14(21)7-10-19(16)25-20)12-17(22-23)13-5-8-15(24-2)9-6-13/h5-11,18,20H,3-4,12H2,1-2H3/t18-,20+/m1/s1. The Bertz CT molecular complexity index is 804. The van der Waals surface area contributed by atoms with E-state index in [-0.39, 0.29) is 12.3 Å². The predicted octanol–water partition coefficient (Wildman–Crippen LogP) is 5.13. The molecule has 2 heterocycles. The second kappa shape index (κ2) is 6.71. The van der Waals surface area contributed by atoms with Gasteiger partial charge in [-0.15, -0.1) is 0 Å². The van der Waals surface area contributed by atoms with E-state index in [1.54, 1.807) is 7.11 Å². The SMILES string of the molecule is CCC[C@@H]1Oc2ccc(Br)cc2[C@H]2CC(c3ccc(OC)cc3)=NN12. The molecule has 0 radical (unpaired) electrons. The second-order valence-electron chi connectivity index (χ2n) is 6.42. The predicted molar refractivity (Wildman–Crippen MR) is 102 cm³/mol. The van der Waals surface area contributed by atoms with Crippen LogP contribution in [0.1, 0.15) is 43.4 Å². The minimum atomic E-state index is -0.000533. The fraction of sp³-hybridized carbons (Fsp3) is 0.350. The quantitative estimate of drug-likeness (QED) is 0.713. The number of fused-ring (bicyclic) bond motifs is 3. The lowest BCUT2D eigenvalue weighted by molar-refractivity contribution is -0.0223. The number of benzene rings is 2. The monoisotopic (exact) mass is 400 g/mol. The van der Waals surface area contributed by atoms with Crippen LogP contribution in [0.25, 0.3) is 0 Å². The Balaban J connectivity index is 1.69. The average Bonchev–Trinajstić information content (AvgIpc) is 3.08. The van der Waals surface area contributed by atoms with Gasteiger partial charge in [0.25, 0.3) is 0 Å². The van der Waals surface area contributed by atoms with E-state index in [4.69, 9.17) is 14.6 Å². The number of hydrogen-bond donors (Lipinski definition) is 0. The minimum Gasteiger partial charge on any atom is -0.497 e. The highest BCUT2D eigenvalue weighted by atomic mass is 79.9. The van der Waals surface area contributed by atoms with Crippen molar-refractivity contribution in [2.75, 3.05) is 7.11 Å². The first kappa shape index (κ1) is 16.5. The van der Waals surface area contributed by atoms with Gasteiger partial charge in [-0.25, -0.2) is 0 Å². The number of halogens is 1. The van der Waals surface area contributed by atoms with Gasteiger partial charge in [-0.3, -0.25) is 5.01 Å². The maximum absolute atomic E-state index is 6.24. The average molecular weight is 401 g/mol. The molecule has 2 aliphatic heterocycles. The summed E-state index contributed by atoms with van der Waals surface area (Å²) in [4.78, 5) is 0. The largest absolute Gasteiger partial charge is 0.497 e. The third-order valence-electron chi connectivity index (χ3n) is 4.79. The van der Waals surface area contributed by atoms with Crippen molar-refractivity contribution in [2.24, 2.45) is 5.10 Å². The van der Waals surface area contributed by atoms with E-state index in [9.17, 15) is 0 Å². The molecule has 2 atom stereocenters. The van der Waals surface area contributed by atoms with Crippen LogP contribution >= 0.6 is 15.9 Å². The third kappa shape index (κ3) is 3.01. The summed E-state index contributed by atoms with van der Waals surface area (Å²) in [5.74, 6) is 1.84. The highest BCUT2D eigenvalue weighted by Gasteiger charge is 2.39. The molecule has 2 aliphatic rings. The molecule has 130 valence electrons. The summed E-state index contributed by atoms with van der Waals surface area (Å²) in [5.41, 5.74) is 3.45. The molecular weight excluding hydrogens is 380 g/mol. The second-order valence-corrected chi connectivity index (χ2v) is 7.33. The Hall–Kier alpha value is -2.01. The minimum absolute atomic E-state index is 0.000533. The van der Waals surface area contributed by atoms with Crippen LogP contribution in [0, 0.1) is 0 Å². The van der Waals surface area contributed by atoms with Gasteiger partial charge in [0.15, 0.2) is 6.23 Å². The normalized spacial score (nSPS) is 21.2. The van der Waals surface area contributed by atoms with Crippen molar-refractivity contribution in [3.63, 3.8) is 0 Å². The summed E-state index contributed by atoms with van der Waals surface area (Å²) >= 11 is 3.58. The first-order valence-electron chi connectivity index (χ1n) is 8.66. The summed E-state index contributed by atoms with van der Waals surface area (Å²) < 4.78 is 12.6. The number of hydrogen-bond acceptors (Lipinski definition) is 4. The van der Waals surface area contributed by atoms with E-state index in [1.807, 2.05) is 18.2 Å². The van der Waals surface area contributed by atoms with Crippen LogP contribution in [-0.2, 0) is 0 Å². The summed E-state index contributed by atoms with van der Waals surface area (Å²) in [6.07, 6.45) is 2.91. The van der Waals surface area contributed by atoms with Gasteiger partial charge in [-0.1, -0.05) is 29.3 Å². The third-order valence-corrected chi connectivity index (χ3v) is 5.28. The Labute approximate surface area is 156 Å². The molecule has 25 heavy (non-hydrogen) atoms. The summed E-state index contributed by atoms with van der Waals surface area (Å²) in [5, 5.41) is 7.08. The molecule has 0 N–H and O–H groups in total. The highest BCUT2D eigenvalue weighted by molar-refractivity contribution is 9.10. The lowest BCUT2D eigenvalue weighted by Gasteiger charge is -2.38. The van der Waals surface area contributed by atoms with Crippen molar-refractivity contribution in [3.05, 3.63) is 58.1 Å². The lowest BCUT2D eigenvalue weighted by atomic mass is 9.96. The molecule has 2 aromatic rings. The summed E-state index contributed by atoms with van der Waals surface area (Å²) in [6.45, 7) is 2.18. The van der Waals surface area contributed by atoms with Crippen LogP contribution in [0.5, 0.6) is 11.5 Å². The van der Waals surface area contributed by atoms with E-state index < -0.39 is 0 Å². The number of rotatable bonds is 4.